The molecule has 0 atom stereocenters. The predicted molar refractivity (Wildman–Crippen MR) is 55.9 cm³/mol. The Morgan fingerprint density at radius 1 is 1.40 bits per heavy atom. The summed E-state index contributed by atoms with van der Waals surface area (Å²) in [5.74, 6) is 0.230. The standard InChI is InChI=1S/C8H10ClN3O2S/c9-8-5-10-7(4-11-8)6-12-2-1-3-15(12,13)14/h4-5H,1-3,6H2. The molecule has 0 spiro atoms. The maximum Gasteiger partial charge on any atom is 0.214 e. The van der Waals surface area contributed by atoms with E-state index in [0.29, 0.717) is 23.8 Å². The lowest BCUT2D eigenvalue weighted by Crippen LogP contribution is -2.25. The Bertz CT molecular complexity index is 445. The molecule has 0 N–H and O–H groups in total. The third-order valence-corrected chi connectivity index (χ3v) is 4.31. The van der Waals surface area contributed by atoms with Crippen LogP contribution in [0.5, 0.6) is 0 Å². The zero-order valence-electron chi connectivity index (χ0n) is 7.93. The van der Waals surface area contributed by atoms with Gasteiger partial charge in [-0.05, 0) is 6.42 Å². The van der Waals surface area contributed by atoms with Gasteiger partial charge in [0.2, 0.25) is 10.0 Å². The molecule has 5 nitrogen and oxygen atoms in total. The highest BCUT2D eigenvalue weighted by Gasteiger charge is 2.28. The number of nitrogens with zero attached hydrogens (tertiary/aromatic N) is 3. The van der Waals surface area contributed by atoms with Crippen molar-refractivity contribution in [3.05, 3.63) is 23.2 Å². The summed E-state index contributed by atoms with van der Waals surface area (Å²) in [6.45, 7) is 0.846. The van der Waals surface area contributed by atoms with Crippen LogP contribution in [0.4, 0.5) is 0 Å². The fourth-order valence-corrected chi connectivity index (χ4v) is 3.06. The van der Waals surface area contributed by atoms with E-state index in [4.69, 9.17) is 11.6 Å². The van der Waals surface area contributed by atoms with Gasteiger partial charge in [0, 0.05) is 6.54 Å². The normalized spacial score (nSPS) is 20.6. The highest BCUT2D eigenvalue weighted by molar-refractivity contribution is 7.89. The van der Waals surface area contributed by atoms with Gasteiger partial charge in [0.15, 0.2) is 0 Å². The summed E-state index contributed by atoms with van der Waals surface area (Å²) in [5.41, 5.74) is 0.616. The molecule has 15 heavy (non-hydrogen) atoms. The van der Waals surface area contributed by atoms with Crippen LogP contribution >= 0.6 is 11.6 Å². The number of sulfonamides is 1. The van der Waals surface area contributed by atoms with Gasteiger partial charge in [0.1, 0.15) is 5.15 Å². The molecule has 1 fully saturated rings. The molecule has 1 aromatic rings. The predicted octanol–water partition coefficient (Wildman–Crippen LogP) is 0.665. The third-order valence-electron chi connectivity index (χ3n) is 2.22. The number of halogens is 1. The summed E-state index contributed by atoms with van der Waals surface area (Å²) in [7, 11) is -3.06. The van der Waals surface area contributed by atoms with Crippen molar-refractivity contribution in [2.45, 2.75) is 13.0 Å². The molecule has 1 saturated heterocycles. The van der Waals surface area contributed by atoms with E-state index in [9.17, 15) is 8.42 Å². The molecule has 1 aliphatic rings. The van der Waals surface area contributed by atoms with Crippen LogP contribution in [0.3, 0.4) is 0 Å². The second kappa shape index (κ2) is 4.03. The lowest BCUT2D eigenvalue weighted by atomic mass is 10.4. The van der Waals surface area contributed by atoms with E-state index in [2.05, 4.69) is 9.97 Å². The van der Waals surface area contributed by atoms with Crippen molar-refractivity contribution < 1.29 is 8.42 Å². The number of hydrogen-bond donors (Lipinski definition) is 0. The zero-order chi connectivity index (χ0) is 10.9. The molecule has 2 heterocycles. The summed E-state index contributed by atoms with van der Waals surface area (Å²) >= 11 is 5.58. The van der Waals surface area contributed by atoms with Gasteiger partial charge in [-0.25, -0.2) is 13.4 Å². The second-order valence-corrected chi connectivity index (χ2v) is 5.81. The van der Waals surface area contributed by atoms with Crippen LogP contribution < -0.4 is 0 Å². The van der Waals surface area contributed by atoms with E-state index in [1.165, 1.54) is 16.7 Å². The van der Waals surface area contributed by atoms with E-state index in [1.54, 1.807) is 0 Å². The van der Waals surface area contributed by atoms with Crippen LogP contribution in [0.2, 0.25) is 5.15 Å². The molecule has 0 saturated carbocycles. The molecule has 0 aromatic carbocycles. The van der Waals surface area contributed by atoms with Crippen molar-refractivity contribution in [2.75, 3.05) is 12.3 Å². The molecule has 1 aromatic heterocycles. The topological polar surface area (TPSA) is 63.2 Å². The molecule has 82 valence electrons. The third kappa shape index (κ3) is 2.45. The Morgan fingerprint density at radius 3 is 2.73 bits per heavy atom. The van der Waals surface area contributed by atoms with Crippen molar-refractivity contribution in [1.29, 1.82) is 0 Å². The van der Waals surface area contributed by atoms with Gasteiger partial charge in [-0.2, -0.15) is 4.31 Å². The zero-order valence-corrected chi connectivity index (χ0v) is 9.50. The molecular weight excluding hydrogens is 238 g/mol. The van der Waals surface area contributed by atoms with Gasteiger partial charge in [0.05, 0.1) is 30.4 Å². The SMILES string of the molecule is O=S1(=O)CCCN1Cc1cnc(Cl)cn1. The van der Waals surface area contributed by atoms with E-state index in [0.717, 1.165) is 0 Å². The fraction of sp³-hybridized carbons (Fsp3) is 0.500. The first-order chi connectivity index (χ1) is 7.08. The molecule has 2 rings (SSSR count). The van der Waals surface area contributed by atoms with Gasteiger partial charge < -0.3 is 0 Å². The van der Waals surface area contributed by atoms with Crippen molar-refractivity contribution in [2.24, 2.45) is 0 Å². The fourth-order valence-electron chi connectivity index (χ4n) is 1.47. The Balaban J connectivity index is 2.12. The number of aromatic nitrogens is 2. The summed E-state index contributed by atoms with van der Waals surface area (Å²) in [6.07, 6.45) is 3.60. The first kappa shape index (κ1) is 10.8. The van der Waals surface area contributed by atoms with Gasteiger partial charge in [-0.3, -0.25) is 4.98 Å². The molecule has 0 bridgehead atoms. The average molecular weight is 248 g/mol. The van der Waals surface area contributed by atoms with E-state index < -0.39 is 10.0 Å². The summed E-state index contributed by atoms with van der Waals surface area (Å²) < 4.78 is 24.4. The lowest BCUT2D eigenvalue weighted by Gasteiger charge is -2.12. The Morgan fingerprint density at radius 2 is 2.20 bits per heavy atom. The van der Waals surface area contributed by atoms with Gasteiger partial charge in [0.25, 0.3) is 0 Å². The minimum absolute atomic E-state index is 0.230. The Hall–Kier alpha value is -0.720. The maximum absolute atomic E-state index is 11.5. The average Bonchev–Trinajstić information content (AvgIpc) is 2.50. The van der Waals surface area contributed by atoms with Crippen LogP contribution in [0.25, 0.3) is 0 Å². The quantitative estimate of drug-likeness (QED) is 0.771. The first-order valence-electron chi connectivity index (χ1n) is 4.52. The number of rotatable bonds is 2. The lowest BCUT2D eigenvalue weighted by molar-refractivity contribution is 0.434. The van der Waals surface area contributed by atoms with Crippen molar-refractivity contribution in [1.82, 2.24) is 14.3 Å². The van der Waals surface area contributed by atoms with Crippen LogP contribution in [0.1, 0.15) is 12.1 Å². The molecule has 0 amide bonds. The minimum atomic E-state index is -3.06. The van der Waals surface area contributed by atoms with Crippen molar-refractivity contribution >= 4 is 21.6 Å². The van der Waals surface area contributed by atoms with Crippen LogP contribution in [0, 0.1) is 0 Å². The summed E-state index contributed by atoms with van der Waals surface area (Å²) in [4.78, 5) is 7.86. The van der Waals surface area contributed by atoms with E-state index in [-0.39, 0.29) is 12.3 Å². The Kier molecular flexibility index (Phi) is 2.90. The second-order valence-electron chi connectivity index (χ2n) is 3.33. The van der Waals surface area contributed by atoms with Crippen LogP contribution in [-0.4, -0.2) is 35.0 Å². The van der Waals surface area contributed by atoms with Gasteiger partial charge in [-0.1, -0.05) is 11.6 Å². The largest absolute Gasteiger partial charge is 0.255 e. The minimum Gasteiger partial charge on any atom is -0.255 e. The molecule has 7 heteroatoms. The monoisotopic (exact) mass is 247 g/mol. The van der Waals surface area contributed by atoms with E-state index >= 15 is 0 Å². The molecule has 0 aliphatic carbocycles. The number of hydrogen-bond acceptors (Lipinski definition) is 4. The first-order valence-corrected chi connectivity index (χ1v) is 6.51. The smallest absolute Gasteiger partial charge is 0.214 e. The summed E-state index contributed by atoms with van der Waals surface area (Å²) in [6, 6.07) is 0. The summed E-state index contributed by atoms with van der Waals surface area (Å²) in [5, 5.41) is 0.308. The van der Waals surface area contributed by atoms with Crippen molar-refractivity contribution in [3.8, 4) is 0 Å². The highest BCUT2D eigenvalue weighted by Crippen LogP contribution is 2.16. The van der Waals surface area contributed by atoms with E-state index in [1.807, 2.05) is 0 Å². The van der Waals surface area contributed by atoms with Crippen molar-refractivity contribution in [3.63, 3.8) is 0 Å². The van der Waals surface area contributed by atoms with Gasteiger partial charge >= 0.3 is 0 Å². The van der Waals surface area contributed by atoms with Crippen LogP contribution in [-0.2, 0) is 16.6 Å². The maximum atomic E-state index is 11.5. The molecule has 0 radical (unpaired) electrons. The van der Waals surface area contributed by atoms with Crippen LogP contribution in [0.15, 0.2) is 12.4 Å². The van der Waals surface area contributed by atoms with Gasteiger partial charge in [-0.15, -0.1) is 0 Å². The molecule has 0 unspecified atom stereocenters. The molecule has 1 aliphatic heterocycles. The Labute approximate surface area is 93.1 Å². The highest BCUT2D eigenvalue weighted by atomic mass is 35.5. The molecular formula is C8H10ClN3O2S.